The fourth-order valence-corrected chi connectivity index (χ4v) is 3.99. The molecular weight excluding hydrogens is 340 g/mol. The van der Waals surface area contributed by atoms with Crippen molar-refractivity contribution in [3.63, 3.8) is 0 Å². The van der Waals surface area contributed by atoms with E-state index in [9.17, 15) is 4.79 Å². The van der Waals surface area contributed by atoms with E-state index in [4.69, 9.17) is 5.26 Å². The topological polar surface area (TPSA) is 44.1 Å². The van der Waals surface area contributed by atoms with Gasteiger partial charge in [0, 0.05) is 30.3 Å². The fraction of sp³-hybridized carbons (Fsp3) is 0.455. The maximum absolute atomic E-state index is 13.0. The van der Waals surface area contributed by atoms with Crippen LogP contribution in [0.5, 0.6) is 0 Å². The summed E-state index contributed by atoms with van der Waals surface area (Å²) in [7, 11) is 1.76. The molecule has 1 heterocycles. The zero-order valence-electron chi connectivity index (χ0n) is 16.1. The minimum atomic E-state index is -0.103. The van der Waals surface area contributed by atoms with Gasteiger partial charge >= 0.3 is 0 Å². The van der Waals surface area contributed by atoms with E-state index in [0.717, 1.165) is 18.4 Å². The van der Waals surface area contributed by atoms with Crippen molar-refractivity contribution in [1.29, 1.82) is 5.26 Å². The van der Waals surface area contributed by atoms with E-state index >= 15 is 0 Å². The Morgan fingerprint density at radius 1 is 1.23 bits per heavy atom. The smallest absolute Gasteiger partial charge is 0.179 e. The van der Waals surface area contributed by atoms with Crippen LogP contribution in [0.15, 0.2) is 41.8 Å². The second-order valence-corrected chi connectivity index (χ2v) is 8.17. The quantitative estimate of drug-likeness (QED) is 0.421. The molecule has 138 valence electrons. The highest BCUT2D eigenvalue weighted by Gasteiger charge is 2.25. The number of rotatable bonds is 9. The predicted octanol–water partition coefficient (Wildman–Crippen LogP) is 5.70. The molecule has 1 aromatic heterocycles. The average molecular weight is 369 g/mol. The summed E-state index contributed by atoms with van der Waals surface area (Å²) in [5, 5.41) is 11.2. The number of hydrogen-bond acceptors (Lipinski definition) is 4. The lowest BCUT2D eigenvalue weighted by Gasteiger charge is -2.25. The van der Waals surface area contributed by atoms with Crippen LogP contribution in [0.3, 0.4) is 0 Å². The number of ketones is 1. The van der Waals surface area contributed by atoms with E-state index in [1.807, 2.05) is 6.92 Å². The summed E-state index contributed by atoms with van der Waals surface area (Å²) in [5.41, 5.74) is 2.27. The van der Waals surface area contributed by atoms with Crippen LogP contribution in [0.1, 0.15) is 51.5 Å². The summed E-state index contributed by atoms with van der Waals surface area (Å²) in [6, 6.07) is 12.5. The summed E-state index contributed by atoms with van der Waals surface area (Å²) in [6.45, 7) is 6.33. The molecule has 3 nitrogen and oxygen atoms in total. The van der Waals surface area contributed by atoms with Gasteiger partial charge in [-0.15, -0.1) is 11.3 Å². The van der Waals surface area contributed by atoms with Gasteiger partial charge in [0.25, 0.3) is 0 Å². The number of benzene rings is 1. The molecule has 2 unspecified atom stereocenters. The summed E-state index contributed by atoms with van der Waals surface area (Å²) < 4.78 is 0. The van der Waals surface area contributed by atoms with Crippen molar-refractivity contribution in [1.82, 2.24) is 4.90 Å². The van der Waals surface area contributed by atoms with Crippen LogP contribution in [0.4, 0.5) is 0 Å². The number of carbonyl (C=O) groups is 1. The van der Waals surface area contributed by atoms with Crippen molar-refractivity contribution in [3.05, 3.63) is 47.3 Å². The third-order valence-electron chi connectivity index (χ3n) is 4.83. The van der Waals surface area contributed by atoms with Gasteiger partial charge in [-0.2, -0.15) is 5.26 Å². The van der Waals surface area contributed by atoms with Gasteiger partial charge < -0.3 is 4.90 Å². The minimum absolute atomic E-state index is 0.0208. The lowest BCUT2D eigenvalue weighted by atomic mass is 9.84. The van der Waals surface area contributed by atoms with Crippen molar-refractivity contribution < 1.29 is 4.79 Å². The van der Waals surface area contributed by atoms with Gasteiger partial charge in [0.15, 0.2) is 6.19 Å². The van der Waals surface area contributed by atoms with Crippen LogP contribution in [-0.4, -0.2) is 23.8 Å². The maximum atomic E-state index is 13.0. The molecule has 2 atom stereocenters. The molecule has 4 heteroatoms. The van der Waals surface area contributed by atoms with E-state index in [2.05, 4.69) is 61.8 Å². The summed E-state index contributed by atoms with van der Waals surface area (Å²) >= 11 is 1.72. The molecule has 0 aliphatic heterocycles. The highest BCUT2D eigenvalue weighted by Crippen LogP contribution is 2.31. The van der Waals surface area contributed by atoms with Crippen molar-refractivity contribution in [2.45, 2.75) is 52.0 Å². The van der Waals surface area contributed by atoms with E-state index in [0.29, 0.717) is 12.3 Å². The van der Waals surface area contributed by atoms with E-state index in [-0.39, 0.29) is 17.7 Å². The first kappa shape index (κ1) is 20.2. The molecule has 0 saturated heterocycles. The Morgan fingerprint density at radius 3 is 2.42 bits per heavy atom. The molecule has 0 saturated carbocycles. The van der Waals surface area contributed by atoms with Crippen molar-refractivity contribution in [2.24, 2.45) is 5.92 Å². The van der Waals surface area contributed by atoms with E-state index in [1.165, 1.54) is 10.4 Å². The van der Waals surface area contributed by atoms with Gasteiger partial charge in [0.05, 0.1) is 0 Å². The molecule has 0 aliphatic rings. The molecule has 0 amide bonds. The molecule has 2 aromatic rings. The van der Waals surface area contributed by atoms with Gasteiger partial charge in [-0.1, -0.05) is 51.1 Å². The first-order chi connectivity index (χ1) is 12.5. The second-order valence-electron chi connectivity index (χ2n) is 7.22. The standard InChI is InChI=1S/C22H28N2OS/c1-5-19(24(4)15-23)14-21(25)20(13-16(2)3)17-8-10-18(11-9-17)22-7-6-12-26-22/h6-12,16,19-20H,5,13-14H2,1-4H3. The number of Topliss-reactive ketones (excluding diaryl/α,β-unsaturated/α-hetero) is 1. The Balaban J connectivity index is 2.21. The normalized spacial score (nSPS) is 13.2. The van der Waals surface area contributed by atoms with Gasteiger partial charge in [0.2, 0.25) is 0 Å². The zero-order valence-corrected chi connectivity index (χ0v) is 16.9. The highest BCUT2D eigenvalue weighted by atomic mass is 32.1. The van der Waals surface area contributed by atoms with Gasteiger partial charge in [-0.25, -0.2) is 0 Å². The Labute approximate surface area is 161 Å². The molecule has 0 fully saturated rings. The number of carbonyl (C=O) groups excluding carboxylic acids is 1. The Morgan fingerprint density at radius 2 is 1.92 bits per heavy atom. The number of nitriles is 1. The van der Waals surface area contributed by atoms with E-state index < -0.39 is 0 Å². The fourth-order valence-electron chi connectivity index (χ4n) is 3.26. The molecule has 0 spiro atoms. The summed E-state index contributed by atoms with van der Waals surface area (Å²) in [4.78, 5) is 15.9. The van der Waals surface area contributed by atoms with Crippen molar-refractivity contribution >= 4 is 17.1 Å². The lowest BCUT2D eigenvalue weighted by molar-refractivity contribution is -0.121. The van der Waals surface area contributed by atoms with Crippen LogP contribution in [0.25, 0.3) is 10.4 Å². The van der Waals surface area contributed by atoms with Gasteiger partial charge in [-0.05, 0) is 41.3 Å². The van der Waals surface area contributed by atoms with Crippen LogP contribution in [0, 0.1) is 17.4 Å². The maximum Gasteiger partial charge on any atom is 0.179 e. The average Bonchev–Trinajstić information content (AvgIpc) is 3.18. The first-order valence-electron chi connectivity index (χ1n) is 9.25. The van der Waals surface area contributed by atoms with Crippen LogP contribution in [0.2, 0.25) is 0 Å². The molecule has 0 aliphatic carbocycles. The zero-order chi connectivity index (χ0) is 19.1. The Hall–Kier alpha value is -2.12. The van der Waals surface area contributed by atoms with Crippen molar-refractivity contribution in [3.8, 4) is 16.6 Å². The first-order valence-corrected chi connectivity index (χ1v) is 10.1. The Kier molecular flexibility index (Phi) is 7.41. The number of nitrogens with zero attached hydrogens (tertiary/aromatic N) is 2. The number of thiophene rings is 1. The second kappa shape index (κ2) is 9.54. The highest BCUT2D eigenvalue weighted by molar-refractivity contribution is 7.13. The molecular formula is C22H28N2OS. The molecule has 26 heavy (non-hydrogen) atoms. The lowest BCUT2D eigenvalue weighted by Crippen LogP contribution is -2.31. The summed E-state index contributed by atoms with van der Waals surface area (Å²) in [6.07, 6.45) is 4.20. The molecule has 0 radical (unpaired) electrons. The predicted molar refractivity (Wildman–Crippen MR) is 109 cm³/mol. The van der Waals surface area contributed by atoms with Gasteiger partial charge in [0.1, 0.15) is 5.78 Å². The van der Waals surface area contributed by atoms with Crippen LogP contribution < -0.4 is 0 Å². The van der Waals surface area contributed by atoms with Gasteiger partial charge in [-0.3, -0.25) is 4.79 Å². The Bertz CT molecular complexity index is 729. The number of hydrogen-bond donors (Lipinski definition) is 0. The minimum Gasteiger partial charge on any atom is -0.310 e. The largest absolute Gasteiger partial charge is 0.310 e. The SMILES string of the molecule is CCC(CC(=O)C(CC(C)C)c1ccc(-c2cccs2)cc1)N(C)C#N. The molecule has 1 aromatic carbocycles. The molecule has 0 bridgehead atoms. The summed E-state index contributed by atoms with van der Waals surface area (Å²) in [5.74, 6) is 0.569. The van der Waals surface area contributed by atoms with Crippen LogP contribution in [-0.2, 0) is 4.79 Å². The van der Waals surface area contributed by atoms with Crippen molar-refractivity contribution in [2.75, 3.05) is 7.05 Å². The monoisotopic (exact) mass is 368 g/mol. The van der Waals surface area contributed by atoms with Crippen LogP contribution >= 0.6 is 11.3 Å². The van der Waals surface area contributed by atoms with E-state index in [1.54, 1.807) is 23.3 Å². The molecule has 0 N–H and O–H groups in total. The third kappa shape index (κ3) is 5.19. The third-order valence-corrected chi connectivity index (χ3v) is 5.75. The molecule has 2 rings (SSSR count).